The second-order valence-corrected chi connectivity index (χ2v) is 6.44. The third-order valence-electron chi connectivity index (χ3n) is 4.57. The lowest BCUT2D eigenvalue weighted by Gasteiger charge is -2.24. The Morgan fingerprint density at radius 3 is 3.00 bits per heavy atom. The Bertz CT molecular complexity index is 1130. The SMILES string of the molecule is [2H]C([2H])([2H])c1ccc(C([2H])([2H])C([2H])([2H])n2c3c(c4cc(C)ccc42)CN(C)CC3)cn1. The van der Waals surface area contributed by atoms with Gasteiger partial charge in [0.05, 0.1) is 2.74 Å². The minimum absolute atomic E-state index is 0.00105. The van der Waals surface area contributed by atoms with Gasteiger partial charge >= 0.3 is 0 Å². The molecule has 3 aromatic rings. The zero-order chi connectivity index (χ0) is 22.8. The molecule has 1 aliphatic heterocycles. The summed E-state index contributed by atoms with van der Waals surface area (Å²) in [5.74, 6) is 0. The zero-order valence-electron chi connectivity index (χ0n) is 20.9. The number of aromatic nitrogens is 2. The molecule has 0 spiro atoms. The van der Waals surface area contributed by atoms with Crippen molar-refractivity contribution in [2.45, 2.75) is 39.6 Å². The molecule has 0 amide bonds. The Hall–Kier alpha value is -2.13. The lowest BCUT2D eigenvalue weighted by Crippen LogP contribution is -2.27. The highest BCUT2D eigenvalue weighted by Crippen LogP contribution is 2.31. The molecular formula is C21H25N3. The molecule has 0 aliphatic carbocycles. The first-order chi connectivity index (χ1) is 14.3. The molecule has 3 nitrogen and oxygen atoms in total. The average molecular weight is 326 g/mol. The number of pyridine rings is 1. The Morgan fingerprint density at radius 1 is 1.29 bits per heavy atom. The molecule has 24 heavy (non-hydrogen) atoms. The van der Waals surface area contributed by atoms with Gasteiger partial charge in [0.1, 0.15) is 0 Å². The number of hydrogen-bond donors (Lipinski definition) is 0. The smallest absolute Gasteiger partial charge is 0.0501 e. The van der Waals surface area contributed by atoms with Crippen molar-refractivity contribution in [2.24, 2.45) is 0 Å². The summed E-state index contributed by atoms with van der Waals surface area (Å²) in [5.41, 5.74) is 3.42. The molecule has 0 saturated heterocycles. The van der Waals surface area contributed by atoms with Gasteiger partial charge in [0.25, 0.3) is 0 Å². The summed E-state index contributed by atoms with van der Waals surface area (Å²) in [6.45, 7) is -1.40. The van der Waals surface area contributed by atoms with Gasteiger partial charge in [-0.05, 0) is 56.5 Å². The fourth-order valence-electron chi connectivity index (χ4n) is 3.32. The fourth-order valence-corrected chi connectivity index (χ4v) is 3.32. The van der Waals surface area contributed by atoms with Crippen LogP contribution in [0.2, 0.25) is 0 Å². The van der Waals surface area contributed by atoms with Crippen molar-refractivity contribution >= 4 is 10.9 Å². The third-order valence-corrected chi connectivity index (χ3v) is 4.57. The number of nitrogens with zero attached hydrogens (tertiary/aromatic N) is 3. The van der Waals surface area contributed by atoms with Crippen molar-refractivity contribution in [3.8, 4) is 0 Å². The molecule has 0 N–H and O–H groups in total. The molecule has 4 rings (SSSR count). The molecule has 0 saturated carbocycles. The van der Waals surface area contributed by atoms with E-state index in [0.29, 0.717) is 18.5 Å². The summed E-state index contributed by atoms with van der Waals surface area (Å²) in [6, 6.07) is 8.36. The minimum atomic E-state index is -2.44. The molecule has 124 valence electrons. The first kappa shape index (κ1) is 9.38. The van der Waals surface area contributed by atoms with Crippen molar-refractivity contribution < 1.29 is 9.60 Å². The number of likely N-dealkylation sites (N-methyl/N-ethyl adjacent to an activating group) is 1. The van der Waals surface area contributed by atoms with Crippen molar-refractivity contribution in [1.82, 2.24) is 14.5 Å². The molecule has 0 radical (unpaired) electrons. The standard InChI is InChI=1S/C21H25N3/c1-15-4-7-20-18(12-15)19-14-23(3)10-9-21(19)24(20)11-8-17-6-5-16(2)22-13-17/h4-7,12-13H,8-11,14H2,1-3H3/i2D3,8D2,11D2. The summed E-state index contributed by atoms with van der Waals surface area (Å²) in [5, 5.41) is 0.942. The minimum Gasteiger partial charge on any atom is -0.344 e. The van der Waals surface area contributed by atoms with Gasteiger partial charge in [0, 0.05) is 61.3 Å². The summed E-state index contributed by atoms with van der Waals surface area (Å²) >= 11 is 0. The number of aryl methyl sites for hydroxylation is 4. The Morgan fingerprint density at radius 2 is 2.21 bits per heavy atom. The van der Waals surface area contributed by atoms with E-state index in [4.69, 9.17) is 9.60 Å². The molecular weight excluding hydrogens is 294 g/mol. The maximum Gasteiger partial charge on any atom is 0.0501 e. The Kier molecular flexibility index (Phi) is 2.37. The second-order valence-electron chi connectivity index (χ2n) is 6.44. The number of hydrogen-bond acceptors (Lipinski definition) is 2. The molecule has 0 fully saturated rings. The monoisotopic (exact) mass is 326 g/mol. The van der Waals surface area contributed by atoms with E-state index >= 15 is 0 Å². The van der Waals surface area contributed by atoms with Crippen LogP contribution in [0.5, 0.6) is 0 Å². The van der Waals surface area contributed by atoms with E-state index in [9.17, 15) is 0 Å². The molecule has 1 aliphatic rings. The van der Waals surface area contributed by atoms with Crippen molar-refractivity contribution in [1.29, 1.82) is 0 Å². The number of rotatable bonds is 3. The quantitative estimate of drug-likeness (QED) is 0.728. The lowest BCUT2D eigenvalue weighted by molar-refractivity contribution is 0.309. The van der Waals surface area contributed by atoms with E-state index in [2.05, 4.69) is 9.88 Å². The zero-order valence-corrected chi connectivity index (χ0v) is 13.9. The Balaban J connectivity index is 1.88. The van der Waals surface area contributed by atoms with Gasteiger partial charge in [-0.1, -0.05) is 17.7 Å². The van der Waals surface area contributed by atoms with E-state index in [1.165, 1.54) is 16.7 Å². The Labute approximate surface area is 153 Å². The van der Waals surface area contributed by atoms with Crippen LogP contribution in [0, 0.1) is 13.8 Å². The van der Waals surface area contributed by atoms with Gasteiger partial charge in [0.15, 0.2) is 0 Å². The highest BCUT2D eigenvalue weighted by Gasteiger charge is 2.22. The van der Waals surface area contributed by atoms with Gasteiger partial charge in [-0.15, -0.1) is 0 Å². The fraction of sp³-hybridized carbons (Fsp3) is 0.381. The van der Waals surface area contributed by atoms with Crippen LogP contribution in [0.4, 0.5) is 0 Å². The van der Waals surface area contributed by atoms with Crippen LogP contribution in [-0.4, -0.2) is 28.0 Å². The first-order valence-corrected chi connectivity index (χ1v) is 8.13. The normalized spacial score (nSPS) is 21.0. The van der Waals surface area contributed by atoms with E-state index in [-0.39, 0.29) is 11.3 Å². The van der Waals surface area contributed by atoms with Crippen molar-refractivity contribution in [3.63, 3.8) is 0 Å². The van der Waals surface area contributed by atoms with Crippen molar-refractivity contribution in [3.05, 3.63) is 64.6 Å². The maximum atomic E-state index is 8.93. The third kappa shape index (κ3) is 2.73. The molecule has 0 atom stereocenters. The highest BCUT2D eigenvalue weighted by atomic mass is 15.1. The molecule has 0 unspecified atom stereocenters. The second kappa shape index (κ2) is 6.06. The highest BCUT2D eigenvalue weighted by molar-refractivity contribution is 5.86. The van der Waals surface area contributed by atoms with Crippen LogP contribution in [-0.2, 0) is 25.8 Å². The van der Waals surface area contributed by atoms with Crippen LogP contribution in [0.15, 0.2) is 36.5 Å². The average Bonchev–Trinajstić information content (AvgIpc) is 3.00. The molecule has 3 heteroatoms. The van der Waals surface area contributed by atoms with E-state index in [1.54, 1.807) is 0 Å². The van der Waals surface area contributed by atoms with Crippen molar-refractivity contribution in [2.75, 3.05) is 13.6 Å². The van der Waals surface area contributed by atoms with Gasteiger partial charge in [-0.2, -0.15) is 0 Å². The largest absolute Gasteiger partial charge is 0.344 e. The number of benzene rings is 1. The van der Waals surface area contributed by atoms with Gasteiger partial charge in [0.2, 0.25) is 0 Å². The molecule has 1 aromatic carbocycles. The molecule has 3 heterocycles. The summed E-state index contributed by atoms with van der Waals surface area (Å²) in [4.78, 5) is 6.07. The van der Waals surface area contributed by atoms with E-state index < -0.39 is 19.7 Å². The van der Waals surface area contributed by atoms with E-state index in [1.807, 2.05) is 32.2 Å². The van der Waals surface area contributed by atoms with Crippen LogP contribution in [0.25, 0.3) is 10.9 Å². The predicted octanol–water partition coefficient (Wildman–Crippen LogP) is 3.88. The van der Waals surface area contributed by atoms with Gasteiger partial charge in [-0.3, -0.25) is 4.98 Å². The van der Waals surface area contributed by atoms with Gasteiger partial charge < -0.3 is 9.47 Å². The predicted molar refractivity (Wildman–Crippen MR) is 99.4 cm³/mol. The molecule has 0 bridgehead atoms. The van der Waals surface area contributed by atoms with Crippen LogP contribution in [0.1, 0.15) is 37.7 Å². The van der Waals surface area contributed by atoms with Crippen LogP contribution in [0.3, 0.4) is 0 Å². The van der Waals surface area contributed by atoms with Crippen LogP contribution >= 0.6 is 0 Å². The number of fused-ring (bicyclic) bond motifs is 3. The molecule has 2 aromatic heterocycles. The topological polar surface area (TPSA) is 21.1 Å². The maximum absolute atomic E-state index is 8.93. The summed E-state index contributed by atoms with van der Waals surface area (Å²) < 4.78 is 59.2. The van der Waals surface area contributed by atoms with Crippen LogP contribution < -0.4 is 0 Å². The first-order valence-electron chi connectivity index (χ1n) is 11.6. The summed E-state index contributed by atoms with van der Waals surface area (Å²) in [6.07, 6.45) is -0.692. The lowest BCUT2D eigenvalue weighted by atomic mass is 10.0. The van der Waals surface area contributed by atoms with E-state index in [0.717, 1.165) is 34.9 Å². The van der Waals surface area contributed by atoms with Gasteiger partial charge in [-0.25, -0.2) is 0 Å². The summed E-state index contributed by atoms with van der Waals surface area (Å²) in [7, 11) is 2.02.